The van der Waals surface area contributed by atoms with Crippen molar-refractivity contribution >= 4 is 23.1 Å². The van der Waals surface area contributed by atoms with E-state index in [1.807, 2.05) is 37.3 Å². The van der Waals surface area contributed by atoms with Gasteiger partial charge in [-0.05, 0) is 48.4 Å². The van der Waals surface area contributed by atoms with Gasteiger partial charge in [0.15, 0.2) is 11.5 Å². The topological polar surface area (TPSA) is 85.3 Å². The summed E-state index contributed by atoms with van der Waals surface area (Å²) in [6.45, 7) is 1.90. The molecule has 0 radical (unpaired) electrons. The molecule has 3 aromatic rings. The smallest absolute Gasteiger partial charge is 0.300 e. The van der Waals surface area contributed by atoms with E-state index in [0.29, 0.717) is 39.6 Å². The Bertz CT molecular complexity index is 1300. The highest BCUT2D eigenvalue weighted by atomic mass is 16.7. The molecular formula is C26H21NO6. The number of amides is 1. The van der Waals surface area contributed by atoms with Crippen LogP contribution in [-0.2, 0) is 9.59 Å². The lowest BCUT2D eigenvalue weighted by atomic mass is 9.93. The predicted molar refractivity (Wildman–Crippen MR) is 122 cm³/mol. The number of aliphatic hydroxyl groups excluding tert-OH is 1. The summed E-state index contributed by atoms with van der Waals surface area (Å²) in [7, 11) is 1.56. The van der Waals surface area contributed by atoms with Gasteiger partial charge in [0.05, 0.1) is 18.7 Å². The third kappa shape index (κ3) is 3.38. The maximum Gasteiger partial charge on any atom is 0.300 e. The molecule has 1 saturated heterocycles. The number of benzene rings is 3. The maximum absolute atomic E-state index is 13.3. The van der Waals surface area contributed by atoms with Gasteiger partial charge < -0.3 is 19.3 Å². The lowest BCUT2D eigenvalue weighted by Gasteiger charge is -2.25. The van der Waals surface area contributed by atoms with Crippen molar-refractivity contribution in [3.63, 3.8) is 0 Å². The van der Waals surface area contributed by atoms with Crippen LogP contribution in [0.25, 0.3) is 5.76 Å². The van der Waals surface area contributed by atoms with Crippen molar-refractivity contribution in [3.8, 4) is 17.2 Å². The van der Waals surface area contributed by atoms with Crippen LogP contribution < -0.4 is 19.1 Å². The Kier molecular flexibility index (Phi) is 5.01. The fourth-order valence-corrected chi connectivity index (χ4v) is 4.26. The number of Topliss-reactive ketones (excluding diaryl/α,β-unsaturated/α-hetero) is 1. The average Bonchev–Trinajstić information content (AvgIpc) is 3.41. The van der Waals surface area contributed by atoms with E-state index in [4.69, 9.17) is 14.2 Å². The largest absolute Gasteiger partial charge is 0.507 e. The monoisotopic (exact) mass is 443 g/mol. The number of hydrogen-bond donors (Lipinski definition) is 1. The zero-order valence-corrected chi connectivity index (χ0v) is 18.1. The number of aryl methyl sites for hydroxylation is 1. The Morgan fingerprint density at radius 2 is 1.76 bits per heavy atom. The van der Waals surface area contributed by atoms with Gasteiger partial charge in [0.25, 0.3) is 11.7 Å². The average molecular weight is 443 g/mol. The molecule has 5 rings (SSSR count). The van der Waals surface area contributed by atoms with Crippen LogP contribution in [0.1, 0.15) is 22.7 Å². The SMILES string of the molecule is COc1ccc(/C(O)=C2\C(=O)C(=O)N(c3ccc4c(c3)OCO4)C2c2ccccc2)c(C)c1. The lowest BCUT2D eigenvalue weighted by Crippen LogP contribution is -2.29. The molecule has 0 bridgehead atoms. The van der Waals surface area contributed by atoms with Gasteiger partial charge in [-0.15, -0.1) is 0 Å². The molecule has 1 unspecified atom stereocenters. The molecule has 166 valence electrons. The third-order valence-electron chi connectivity index (χ3n) is 5.88. The molecule has 0 saturated carbocycles. The first kappa shape index (κ1) is 20.6. The van der Waals surface area contributed by atoms with Gasteiger partial charge in [-0.2, -0.15) is 0 Å². The number of fused-ring (bicyclic) bond motifs is 1. The number of methoxy groups -OCH3 is 1. The first-order valence-corrected chi connectivity index (χ1v) is 10.4. The molecule has 1 fully saturated rings. The minimum atomic E-state index is -0.812. The molecule has 0 spiro atoms. The molecule has 33 heavy (non-hydrogen) atoms. The second-order valence-electron chi connectivity index (χ2n) is 7.80. The van der Waals surface area contributed by atoms with Crippen molar-refractivity contribution in [2.75, 3.05) is 18.8 Å². The van der Waals surface area contributed by atoms with Crippen LogP contribution in [0.2, 0.25) is 0 Å². The number of aliphatic hydroxyl groups is 1. The molecule has 2 aliphatic heterocycles. The summed E-state index contributed by atoms with van der Waals surface area (Å²) >= 11 is 0. The van der Waals surface area contributed by atoms with Gasteiger partial charge in [-0.1, -0.05) is 30.3 Å². The fourth-order valence-electron chi connectivity index (χ4n) is 4.26. The van der Waals surface area contributed by atoms with Crippen molar-refractivity contribution in [2.24, 2.45) is 0 Å². The van der Waals surface area contributed by atoms with Gasteiger partial charge >= 0.3 is 0 Å². The molecule has 1 N–H and O–H groups in total. The van der Waals surface area contributed by atoms with E-state index in [2.05, 4.69) is 0 Å². The Morgan fingerprint density at radius 3 is 2.48 bits per heavy atom. The van der Waals surface area contributed by atoms with E-state index >= 15 is 0 Å². The summed E-state index contributed by atoms with van der Waals surface area (Å²) < 4.78 is 16.1. The standard InChI is InChI=1S/C26H21NO6/c1-15-12-18(31-2)9-10-19(15)24(28)22-23(16-6-4-3-5-7-16)27(26(30)25(22)29)17-8-11-20-21(13-17)33-14-32-20/h3-13,23,28H,14H2,1-2H3/b24-22+. The van der Waals surface area contributed by atoms with E-state index in [9.17, 15) is 14.7 Å². The van der Waals surface area contributed by atoms with Gasteiger partial charge in [-0.3, -0.25) is 14.5 Å². The summed E-state index contributed by atoms with van der Waals surface area (Å²) in [5, 5.41) is 11.3. The Morgan fingerprint density at radius 1 is 1.00 bits per heavy atom. The number of carbonyl (C=O) groups excluding carboxylic acids is 2. The summed E-state index contributed by atoms with van der Waals surface area (Å²) in [5.41, 5.74) is 2.37. The zero-order chi connectivity index (χ0) is 23.1. The van der Waals surface area contributed by atoms with Crippen LogP contribution in [0.5, 0.6) is 17.2 Å². The minimum absolute atomic E-state index is 0.0251. The first-order chi connectivity index (χ1) is 16.0. The van der Waals surface area contributed by atoms with Crippen molar-refractivity contribution in [2.45, 2.75) is 13.0 Å². The quantitative estimate of drug-likeness (QED) is 0.366. The Labute approximate surface area is 190 Å². The zero-order valence-electron chi connectivity index (χ0n) is 18.1. The van der Waals surface area contributed by atoms with Crippen molar-refractivity contribution in [3.05, 3.63) is 89.0 Å². The second kappa shape index (κ2) is 8.02. The molecule has 1 amide bonds. The highest BCUT2D eigenvalue weighted by Crippen LogP contribution is 2.45. The molecule has 2 aliphatic rings. The van der Waals surface area contributed by atoms with E-state index in [1.165, 1.54) is 4.90 Å². The summed E-state index contributed by atoms with van der Waals surface area (Å²) in [6.07, 6.45) is 0. The van der Waals surface area contributed by atoms with Gasteiger partial charge in [0.1, 0.15) is 11.5 Å². The lowest BCUT2D eigenvalue weighted by molar-refractivity contribution is -0.132. The summed E-state index contributed by atoms with van der Waals surface area (Å²) in [5.74, 6) is -0.0209. The van der Waals surface area contributed by atoms with Crippen molar-refractivity contribution in [1.29, 1.82) is 0 Å². The maximum atomic E-state index is 13.3. The molecule has 2 heterocycles. The Balaban J connectivity index is 1.70. The summed E-state index contributed by atoms with van der Waals surface area (Å²) in [4.78, 5) is 27.9. The number of ketones is 1. The fraction of sp³-hybridized carbons (Fsp3) is 0.154. The number of ether oxygens (including phenoxy) is 3. The number of nitrogens with zero attached hydrogens (tertiary/aromatic N) is 1. The third-order valence-corrected chi connectivity index (χ3v) is 5.88. The van der Waals surface area contributed by atoms with Crippen LogP contribution >= 0.6 is 0 Å². The van der Waals surface area contributed by atoms with E-state index < -0.39 is 17.7 Å². The second-order valence-corrected chi connectivity index (χ2v) is 7.80. The molecule has 7 heteroatoms. The molecular weight excluding hydrogens is 422 g/mol. The Hall–Kier alpha value is -4.26. The molecule has 1 atom stereocenters. The summed E-state index contributed by atoms with van der Waals surface area (Å²) in [6, 6.07) is 18.6. The number of carbonyl (C=O) groups is 2. The van der Waals surface area contributed by atoms with Gasteiger partial charge in [-0.25, -0.2) is 0 Å². The predicted octanol–water partition coefficient (Wildman–Crippen LogP) is 4.36. The van der Waals surface area contributed by atoms with Crippen LogP contribution in [0.4, 0.5) is 5.69 Å². The van der Waals surface area contributed by atoms with E-state index in [-0.39, 0.29) is 18.1 Å². The number of hydrogen-bond acceptors (Lipinski definition) is 6. The highest BCUT2D eigenvalue weighted by Gasteiger charge is 2.47. The highest BCUT2D eigenvalue weighted by molar-refractivity contribution is 6.51. The molecule has 3 aromatic carbocycles. The van der Waals surface area contributed by atoms with Crippen LogP contribution in [0.3, 0.4) is 0 Å². The minimum Gasteiger partial charge on any atom is -0.507 e. The normalized spacial score (nSPS) is 18.6. The van der Waals surface area contributed by atoms with Crippen molar-refractivity contribution in [1.82, 2.24) is 0 Å². The van der Waals surface area contributed by atoms with Gasteiger partial charge in [0.2, 0.25) is 6.79 Å². The van der Waals surface area contributed by atoms with Crippen LogP contribution in [0.15, 0.2) is 72.3 Å². The molecule has 0 aromatic heterocycles. The van der Waals surface area contributed by atoms with E-state index in [1.54, 1.807) is 43.5 Å². The first-order valence-electron chi connectivity index (χ1n) is 10.4. The van der Waals surface area contributed by atoms with Gasteiger partial charge in [0, 0.05) is 17.3 Å². The van der Waals surface area contributed by atoms with Crippen LogP contribution in [0, 0.1) is 6.92 Å². The molecule has 7 nitrogen and oxygen atoms in total. The number of rotatable bonds is 4. The number of anilines is 1. The molecule has 0 aliphatic carbocycles. The van der Waals surface area contributed by atoms with E-state index in [0.717, 1.165) is 0 Å². The van der Waals surface area contributed by atoms with Crippen LogP contribution in [-0.4, -0.2) is 30.7 Å². The van der Waals surface area contributed by atoms with Crippen molar-refractivity contribution < 1.29 is 28.9 Å².